The van der Waals surface area contributed by atoms with Crippen molar-refractivity contribution in [3.05, 3.63) is 46.7 Å². The summed E-state index contributed by atoms with van der Waals surface area (Å²) in [7, 11) is -2.83. The molecule has 0 unspecified atom stereocenters. The van der Waals surface area contributed by atoms with Crippen LogP contribution in [0, 0.1) is 6.92 Å². The van der Waals surface area contributed by atoms with E-state index in [1.165, 1.54) is 0 Å². The second-order valence-electron chi connectivity index (χ2n) is 7.47. The first-order valence-electron chi connectivity index (χ1n) is 9.39. The third-order valence-electron chi connectivity index (χ3n) is 5.64. The van der Waals surface area contributed by atoms with Crippen LogP contribution < -0.4 is 0 Å². The number of para-hydroxylation sites is 1. The molecule has 0 aliphatic carbocycles. The van der Waals surface area contributed by atoms with Gasteiger partial charge < -0.3 is 0 Å². The van der Waals surface area contributed by atoms with Crippen LogP contribution in [0.2, 0.25) is 5.15 Å². The summed E-state index contributed by atoms with van der Waals surface area (Å²) in [6, 6.07) is 10.1. The standard InChI is InChI=1S/C19H25ClN4O2S/c1-15-18(19(20)24(21-15)16-5-3-2-4-6-16)13-22-8-10-23(11-9-22)17-7-12-27(25,26)14-17/h2-6,17H,7-14H2,1H3/t17-/m0/s1. The Kier molecular flexibility index (Phi) is 5.29. The van der Waals surface area contributed by atoms with Crippen LogP contribution >= 0.6 is 11.6 Å². The van der Waals surface area contributed by atoms with Crippen LogP contribution in [0.5, 0.6) is 0 Å². The second kappa shape index (κ2) is 7.54. The van der Waals surface area contributed by atoms with Crippen LogP contribution in [-0.2, 0) is 16.4 Å². The molecule has 4 rings (SSSR count). The molecular formula is C19H25ClN4O2S. The van der Waals surface area contributed by atoms with Gasteiger partial charge in [-0.3, -0.25) is 9.80 Å². The summed E-state index contributed by atoms with van der Waals surface area (Å²) in [5.41, 5.74) is 2.98. The molecule has 2 saturated heterocycles. The Hall–Kier alpha value is -1.41. The van der Waals surface area contributed by atoms with Crippen LogP contribution in [0.4, 0.5) is 0 Å². The molecule has 1 aromatic heterocycles. The fourth-order valence-corrected chi connectivity index (χ4v) is 6.12. The summed E-state index contributed by atoms with van der Waals surface area (Å²) >= 11 is 6.64. The third kappa shape index (κ3) is 4.06. The lowest BCUT2D eigenvalue weighted by Gasteiger charge is -2.37. The molecule has 3 heterocycles. The molecule has 2 aliphatic rings. The lowest BCUT2D eigenvalue weighted by molar-refractivity contribution is 0.0999. The van der Waals surface area contributed by atoms with Crippen LogP contribution in [0.1, 0.15) is 17.7 Å². The van der Waals surface area contributed by atoms with Crippen molar-refractivity contribution in [2.24, 2.45) is 0 Å². The predicted molar refractivity (Wildman–Crippen MR) is 107 cm³/mol. The van der Waals surface area contributed by atoms with Crippen molar-refractivity contribution < 1.29 is 8.42 Å². The number of rotatable bonds is 4. The van der Waals surface area contributed by atoms with E-state index in [0.717, 1.165) is 56.1 Å². The van der Waals surface area contributed by atoms with Gasteiger partial charge in [0.15, 0.2) is 9.84 Å². The zero-order chi connectivity index (χ0) is 19.0. The summed E-state index contributed by atoms with van der Waals surface area (Å²) in [6.45, 7) is 6.42. The molecule has 146 valence electrons. The Bertz CT molecular complexity index is 905. The third-order valence-corrected chi connectivity index (χ3v) is 7.77. The smallest absolute Gasteiger partial charge is 0.151 e. The monoisotopic (exact) mass is 408 g/mol. The van der Waals surface area contributed by atoms with E-state index in [0.29, 0.717) is 16.7 Å². The minimum atomic E-state index is -2.83. The highest BCUT2D eigenvalue weighted by atomic mass is 35.5. The SMILES string of the molecule is Cc1nn(-c2ccccc2)c(Cl)c1CN1CCN([C@H]2CCS(=O)(=O)C2)CC1. The molecule has 0 N–H and O–H groups in total. The minimum absolute atomic E-state index is 0.198. The van der Waals surface area contributed by atoms with Gasteiger partial charge >= 0.3 is 0 Å². The van der Waals surface area contributed by atoms with Gasteiger partial charge in [0, 0.05) is 44.3 Å². The number of halogens is 1. The largest absolute Gasteiger partial charge is 0.297 e. The van der Waals surface area contributed by atoms with E-state index in [1.54, 1.807) is 4.68 Å². The van der Waals surface area contributed by atoms with Crippen LogP contribution in [0.15, 0.2) is 30.3 Å². The van der Waals surface area contributed by atoms with Crippen LogP contribution in [-0.4, -0.2) is 71.7 Å². The highest BCUT2D eigenvalue weighted by molar-refractivity contribution is 7.91. The van der Waals surface area contributed by atoms with Gasteiger partial charge in [0.05, 0.1) is 22.9 Å². The van der Waals surface area contributed by atoms with Gasteiger partial charge in [0.25, 0.3) is 0 Å². The summed E-state index contributed by atoms with van der Waals surface area (Å²) < 4.78 is 25.2. The molecule has 27 heavy (non-hydrogen) atoms. The van der Waals surface area contributed by atoms with Crippen LogP contribution in [0.3, 0.4) is 0 Å². The quantitative estimate of drug-likeness (QED) is 0.775. The number of hydrogen-bond acceptors (Lipinski definition) is 5. The van der Waals surface area contributed by atoms with Gasteiger partial charge in [-0.2, -0.15) is 5.10 Å². The molecule has 6 nitrogen and oxygen atoms in total. The molecule has 0 saturated carbocycles. The Morgan fingerprint density at radius 1 is 1.15 bits per heavy atom. The van der Waals surface area contributed by atoms with E-state index in [9.17, 15) is 8.42 Å². The van der Waals surface area contributed by atoms with E-state index in [1.807, 2.05) is 37.3 Å². The van der Waals surface area contributed by atoms with Gasteiger partial charge in [-0.05, 0) is 25.5 Å². The van der Waals surface area contributed by atoms with Crippen molar-refractivity contribution in [3.8, 4) is 5.69 Å². The van der Waals surface area contributed by atoms with Crippen molar-refractivity contribution in [1.29, 1.82) is 0 Å². The number of sulfone groups is 1. The Balaban J connectivity index is 1.40. The van der Waals surface area contributed by atoms with Crippen molar-refractivity contribution in [3.63, 3.8) is 0 Å². The van der Waals surface area contributed by atoms with Gasteiger partial charge in [0.2, 0.25) is 0 Å². The Morgan fingerprint density at radius 3 is 2.48 bits per heavy atom. The van der Waals surface area contributed by atoms with Gasteiger partial charge in [-0.15, -0.1) is 0 Å². The molecule has 2 aliphatic heterocycles. The first kappa shape index (κ1) is 18.9. The van der Waals surface area contributed by atoms with E-state index in [4.69, 9.17) is 11.6 Å². The average Bonchev–Trinajstić information content (AvgIpc) is 3.17. The van der Waals surface area contributed by atoms with E-state index < -0.39 is 9.84 Å². The molecule has 1 aromatic carbocycles. The highest BCUT2D eigenvalue weighted by Crippen LogP contribution is 2.26. The van der Waals surface area contributed by atoms with Crippen LogP contribution in [0.25, 0.3) is 5.69 Å². The van der Waals surface area contributed by atoms with Crippen molar-refractivity contribution in [1.82, 2.24) is 19.6 Å². The maximum absolute atomic E-state index is 11.7. The average molecular weight is 409 g/mol. The predicted octanol–water partition coefficient (Wildman–Crippen LogP) is 2.14. The first-order chi connectivity index (χ1) is 12.9. The molecule has 8 heteroatoms. The number of hydrogen-bond donors (Lipinski definition) is 0. The topological polar surface area (TPSA) is 58.4 Å². The van der Waals surface area contributed by atoms with Gasteiger partial charge in [0.1, 0.15) is 5.15 Å². The number of piperazine rings is 1. The molecule has 0 radical (unpaired) electrons. The number of benzene rings is 1. The fourth-order valence-electron chi connectivity index (χ4n) is 4.02. The summed E-state index contributed by atoms with van der Waals surface area (Å²) in [6.07, 6.45) is 0.775. The first-order valence-corrected chi connectivity index (χ1v) is 11.6. The second-order valence-corrected chi connectivity index (χ2v) is 10.1. The van der Waals surface area contributed by atoms with Gasteiger partial charge in [-0.1, -0.05) is 29.8 Å². The molecule has 0 amide bonds. The van der Waals surface area contributed by atoms with E-state index >= 15 is 0 Å². The fraction of sp³-hybridized carbons (Fsp3) is 0.526. The Labute approximate surface area is 165 Å². The lowest BCUT2D eigenvalue weighted by Crippen LogP contribution is -2.50. The van der Waals surface area contributed by atoms with Gasteiger partial charge in [-0.25, -0.2) is 13.1 Å². The summed E-state index contributed by atoms with van der Waals surface area (Å²) in [4.78, 5) is 4.72. The molecular weight excluding hydrogens is 384 g/mol. The van der Waals surface area contributed by atoms with E-state index in [-0.39, 0.29) is 6.04 Å². The zero-order valence-corrected chi connectivity index (χ0v) is 17.1. The maximum Gasteiger partial charge on any atom is 0.151 e. The van der Waals surface area contributed by atoms with Crippen molar-refractivity contribution in [2.75, 3.05) is 37.7 Å². The highest BCUT2D eigenvalue weighted by Gasteiger charge is 2.33. The molecule has 2 aromatic rings. The molecule has 2 fully saturated rings. The number of aromatic nitrogens is 2. The summed E-state index contributed by atoms with van der Waals surface area (Å²) in [5, 5.41) is 5.29. The van der Waals surface area contributed by atoms with E-state index in [2.05, 4.69) is 14.9 Å². The lowest BCUT2D eigenvalue weighted by atomic mass is 10.1. The zero-order valence-electron chi connectivity index (χ0n) is 15.5. The number of nitrogens with zero attached hydrogens (tertiary/aromatic N) is 4. The van der Waals surface area contributed by atoms with Crippen molar-refractivity contribution >= 4 is 21.4 Å². The molecule has 0 bridgehead atoms. The molecule has 0 spiro atoms. The normalized spacial score (nSPS) is 23.7. The summed E-state index contributed by atoms with van der Waals surface area (Å²) in [5.74, 6) is 0.660. The molecule has 1 atom stereocenters. The number of aryl methyl sites for hydroxylation is 1. The van der Waals surface area contributed by atoms with Crippen molar-refractivity contribution in [2.45, 2.75) is 25.9 Å². The Morgan fingerprint density at radius 2 is 1.85 bits per heavy atom. The maximum atomic E-state index is 11.7. The minimum Gasteiger partial charge on any atom is -0.297 e.